The molecule has 0 amide bonds. The van der Waals surface area contributed by atoms with Gasteiger partial charge in [0.25, 0.3) is 0 Å². The Morgan fingerprint density at radius 2 is 1.90 bits per heavy atom. The predicted octanol–water partition coefficient (Wildman–Crippen LogP) is 5.52. The zero-order valence-corrected chi connectivity index (χ0v) is 19.3. The molecule has 0 heterocycles. The van der Waals surface area contributed by atoms with Crippen LogP contribution in [0.5, 0.6) is 0 Å². The van der Waals surface area contributed by atoms with E-state index in [9.17, 15) is 14.7 Å². The molecule has 3 nitrogen and oxygen atoms in total. The maximum atomic E-state index is 13.3. The van der Waals surface area contributed by atoms with Crippen molar-refractivity contribution in [2.45, 2.75) is 79.1 Å². The highest BCUT2D eigenvalue weighted by Gasteiger charge is 2.61. The Morgan fingerprint density at radius 3 is 2.63 bits per heavy atom. The van der Waals surface area contributed by atoms with Crippen LogP contribution in [0.25, 0.3) is 0 Å². The lowest BCUT2D eigenvalue weighted by molar-refractivity contribution is -0.124. The maximum Gasteiger partial charge on any atom is 0.178 e. The third-order valence-corrected chi connectivity index (χ3v) is 9.71. The Morgan fingerprint density at radius 1 is 1.13 bits per heavy atom. The van der Waals surface area contributed by atoms with E-state index >= 15 is 0 Å². The third kappa shape index (κ3) is 3.45. The Kier molecular flexibility index (Phi) is 5.89. The molecule has 0 aromatic rings. The fourth-order valence-electron chi connectivity index (χ4n) is 8.04. The average Bonchev–Trinajstić information content (AvgIpc) is 2.98. The van der Waals surface area contributed by atoms with Crippen molar-refractivity contribution in [1.29, 1.82) is 0 Å². The van der Waals surface area contributed by atoms with Crippen LogP contribution in [0.4, 0.5) is 0 Å². The molecule has 0 aromatic carbocycles. The lowest BCUT2D eigenvalue weighted by Gasteiger charge is -2.57. The molecule has 0 radical (unpaired) electrons. The molecule has 0 aromatic heterocycles. The quantitative estimate of drug-likeness (QED) is 0.624. The molecule has 5 unspecified atom stereocenters. The number of aliphatic hydroxyl groups is 1. The molecule has 1 N–H and O–H groups in total. The topological polar surface area (TPSA) is 54.4 Å². The highest BCUT2D eigenvalue weighted by molar-refractivity contribution is 6.01. The molecular weight excluding hydrogens is 372 g/mol. The first kappa shape index (κ1) is 22.0. The van der Waals surface area contributed by atoms with E-state index in [1.807, 2.05) is 6.08 Å². The van der Waals surface area contributed by atoms with Gasteiger partial charge in [0.15, 0.2) is 5.78 Å². The summed E-state index contributed by atoms with van der Waals surface area (Å²) in [6.07, 6.45) is 14.3. The highest BCUT2D eigenvalue weighted by atomic mass is 16.3. The number of Topliss-reactive ketones (excluding diaryl/α,β-unsaturated/α-hetero) is 1. The minimum Gasteiger partial charge on any atom is -0.396 e. The molecule has 4 aliphatic carbocycles. The Hall–Kier alpha value is -1.22. The van der Waals surface area contributed by atoms with Gasteiger partial charge in [-0.15, -0.1) is 0 Å². The number of carbonyl (C=O) groups is 2. The predicted molar refractivity (Wildman–Crippen MR) is 120 cm³/mol. The number of allylic oxidation sites excluding steroid dienone is 4. The Bertz CT molecular complexity index is 764. The van der Waals surface area contributed by atoms with Crippen molar-refractivity contribution in [3.63, 3.8) is 0 Å². The largest absolute Gasteiger partial charge is 0.396 e. The van der Waals surface area contributed by atoms with Crippen LogP contribution in [0.15, 0.2) is 23.8 Å². The van der Waals surface area contributed by atoms with E-state index in [-0.39, 0.29) is 29.1 Å². The van der Waals surface area contributed by atoms with E-state index in [0.717, 1.165) is 44.9 Å². The van der Waals surface area contributed by atoms with Gasteiger partial charge in [-0.05, 0) is 85.7 Å². The van der Waals surface area contributed by atoms with Crippen molar-refractivity contribution in [2.75, 3.05) is 6.61 Å². The first-order valence-electron chi connectivity index (χ1n) is 12.3. The van der Waals surface area contributed by atoms with Crippen LogP contribution in [0.2, 0.25) is 0 Å². The number of rotatable bonds is 6. The normalized spacial score (nSPS) is 42.2. The second-order valence-electron chi connectivity index (χ2n) is 11.5. The van der Waals surface area contributed by atoms with Gasteiger partial charge in [0.05, 0.1) is 0 Å². The molecule has 3 fully saturated rings. The number of carbonyl (C=O) groups excluding carboxylic acids is 2. The first-order chi connectivity index (χ1) is 14.2. The SMILES string of the molecule is CC(CO)CCCC(C)[C@H]1C(=O)CC2C3CCC4=CC(=O)C=C[C@]4(C)C3CC[C@@]21C. The van der Waals surface area contributed by atoms with Gasteiger partial charge in [0, 0.05) is 24.4 Å². The number of hydrogen-bond donors (Lipinski definition) is 1. The van der Waals surface area contributed by atoms with E-state index in [1.54, 1.807) is 6.08 Å². The van der Waals surface area contributed by atoms with Crippen LogP contribution < -0.4 is 0 Å². The molecule has 30 heavy (non-hydrogen) atoms. The van der Waals surface area contributed by atoms with Crippen molar-refractivity contribution >= 4 is 11.6 Å². The zero-order chi connectivity index (χ0) is 21.7. The molecule has 3 heteroatoms. The van der Waals surface area contributed by atoms with Gasteiger partial charge in [0.1, 0.15) is 5.78 Å². The lowest BCUT2D eigenvalue weighted by atomic mass is 9.47. The molecule has 8 atom stereocenters. The molecule has 4 rings (SSSR count). The van der Waals surface area contributed by atoms with E-state index in [2.05, 4.69) is 33.8 Å². The van der Waals surface area contributed by atoms with Crippen molar-refractivity contribution in [3.8, 4) is 0 Å². The Balaban J connectivity index is 1.52. The number of hydrogen-bond acceptors (Lipinski definition) is 3. The number of ketones is 2. The van der Waals surface area contributed by atoms with Gasteiger partial charge in [-0.3, -0.25) is 9.59 Å². The third-order valence-electron chi connectivity index (χ3n) is 9.71. The van der Waals surface area contributed by atoms with Gasteiger partial charge in [0.2, 0.25) is 0 Å². The summed E-state index contributed by atoms with van der Waals surface area (Å²) in [7, 11) is 0. The molecule has 0 saturated heterocycles. The zero-order valence-electron chi connectivity index (χ0n) is 19.3. The molecule has 0 bridgehead atoms. The van der Waals surface area contributed by atoms with Crippen LogP contribution in [0.1, 0.15) is 79.1 Å². The minimum absolute atomic E-state index is 0.00530. The Labute approximate surface area is 182 Å². The fraction of sp³-hybridized carbons (Fsp3) is 0.778. The fourth-order valence-corrected chi connectivity index (χ4v) is 8.04. The van der Waals surface area contributed by atoms with Gasteiger partial charge in [-0.1, -0.05) is 45.8 Å². The summed E-state index contributed by atoms with van der Waals surface area (Å²) in [6, 6.07) is 0. The number of fused-ring (bicyclic) bond motifs is 5. The van der Waals surface area contributed by atoms with E-state index in [4.69, 9.17) is 0 Å². The molecule has 4 aliphatic rings. The van der Waals surface area contributed by atoms with Gasteiger partial charge < -0.3 is 5.11 Å². The molecule has 0 aliphatic heterocycles. The van der Waals surface area contributed by atoms with Crippen molar-refractivity contribution in [3.05, 3.63) is 23.8 Å². The summed E-state index contributed by atoms with van der Waals surface area (Å²) in [4.78, 5) is 25.3. The molecule has 0 spiro atoms. The summed E-state index contributed by atoms with van der Waals surface area (Å²) in [5.41, 5.74) is 1.46. The highest BCUT2D eigenvalue weighted by Crippen LogP contribution is 2.66. The molecule has 166 valence electrons. The number of aliphatic hydroxyl groups excluding tert-OH is 1. The summed E-state index contributed by atoms with van der Waals surface area (Å²) in [5, 5.41) is 9.30. The summed E-state index contributed by atoms with van der Waals surface area (Å²) >= 11 is 0. The average molecular weight is 413 g/mol. The second kappa shape index (κ2) is 8.04. The van der Waals surface area contributed by atoms with E-state index in [0.29, 0.717) is 35.4 Å². The van der Waals surface area contributed by atoms with Gasteiger partial charge in [-0.2, -0.15) is 0 Å². The molecule has 3 saturated carbocycles. The lowest BCUT2D eigenvalue weighted by Crippen LogP contribution is -2.50. The van der Waals surface area contributed by atoms with Crippen molar-refractivity contribution < 1.29 is 14.7 Å². The monoisotopic (exact) mass is 412 g/mol. The van der Waals surface area contributed by atoms with Crippen LogP contribution in [-0.4, -0.2) is 23.3 Å². The van der Waals surface area contributed by atoms with Crippen LogP contribution in [0.3, 0.4) is 0 Å². The second-order valence-corrected chi connectivity index (χ2v) is 11.5. The van der Waals surface area contributed by atoms with Gasteiger partial charge in [-0.25, -0.2) is 0 Å². The van der Waals surface area contributed by atoms with Crippen LogP contribution in [-0.2, 0) is 9.59 Å². The maximum absolute atomic E-state index is 13.3. The summed E-state index contributed by atoms with van der Waals surface area (Å²) < 4.78 is 0. The van der Waals surface area contributed by atoms with Gasteiger partial charge >= 0.3 is 0 Å². The smallest absolute Gasteiger partial charge is 0.178 e. The van der Waals surface area contributed by atoms with Crippen molar-refractivity contribution in [2.24, 2.45) is 46.3 Å². The minimum atomic E-state index is 0.00530. The van der Waals surface area contributed by atoms with Crippen LogP contribution >= 0.6 is 0 Å². The van der Waals surface area contributed by atoms with Crippen LogP contribution in [0, 0.1) is 46.3 Å². The summed E-state index contributed by atoms with van der Waals surface area (Å²) in [5.74, 6) is 3.28. The standard InChI is InChI=1S/C27H40O3/c1-17(16-28)6-5-7-18(2)25-24(30)15-23-21-9-8-19-14-20(29)10-12-26(19,3)22(21)11-13-27(23,25)4/h10,12,14,17-18,21-23,25,28H,5-9,11,13,15-16H2,1-4H3/t17?,18?,21?,22?,23?,25-,26-,27-/m0/s1. The first-order valence-corrected chi connectivity index (χ1v) is 12.3. The van der Waals surface area contributed by atoms with E-state index in [1.165, 1.54) is 12.0 Å². The summed E-state index contributed by atoms with van der Waals surface area (Å²) in [6.45, 7) is 9.41. The van der Waals surface area contributed by atoms with E-state index < -0.39 is 0 Å². The molecular formula is C27H40O3. The van der Waals surface area contributed by atoms with Crippen molar-refractivity contribution in [1.82, 2.24) is 0 Å².